The van der Waals surface area contributed by atoms with Gasteiger partial charge < -0.3 is 15.0 Å². The molecule has 1 amide bonds. The summed E-state index contributed by atoms with van der Waals surface area (Å²) in [5.74, 6) is -0.844. The highest BCUT2D eigenvalue weighted by atomic mass is 32.2. The van der Waals surface area contributed by atoms with E-state index in [1.807, 2.05) is 0 Å². The van der Waals surface area contributed by atoms with Crippen LogP contribution in [-0.4, -0.2) is 40.5 Å². The first-order chi connectivity index (χ1) is 13.3. The largest absolute Gasteiger partial charge is 0.469 e. The summed E-state index contributed by atoms with van der Waals surface area (Å²) in [6, 6.07) is 7.79. The van der Waals surface area contributed by atoms with Gasteiger partial charge >= 0.3 is 5.97 Å². The van der Waals surface area contributed by atoms with Crippen molar-refractivity contribution in [1.82, 2.24) is 9.97 Å². The minimum Gasteiger partial charge on any atom is -0.469 e. The van der Waals surface area contributed by atoms with E-state index in [2.05, 4.69) is 20.0 Å². The van der Waals surface area contributed by atoms with Gasteiger partial charge in [-0.3, -0.25) is 19.2 Å². The molecule has 0 spiro atoms. The molecule has 28 heavy (non-hydrogen) atoms. The van der Waals surface area contributed by atoms with Gasteiger partial charge in [0.25, 0.3) is 5.56 Å². The molecule has 0 bridgehead atoms. The number of hydrogen-bond acceptors (Lipinski definition) is 7. The highest BCUT2D eigenvalue weighted by Gasteiger charge is 2.12. The molecule has 0 fully saturated rings. The summed E-state index contributed by atoms with van der Waals surface area (Å²) in [5.41, 5.74) is 0.956. The normalized spacial score (nSPS) is 10.6. The first-order valence-corrected chi connectivity index (χ1v) is 9.51. The number of hydrogen-bond donors (Lipinski definition) is 2. The zero-order valence-corrected chi connectivity index (χ0v) is 16.6. The van der Waals surface area contributed by atoms with Crippen LogP contribution in [0.3, 0.4) is 0 Å². The van der Waals surface area contributed by atoms with E-state index in [0.29, 0.717) is 11.3 Å². The Morgan fingerprint density at radius 1 is 1.21 bits per heavy atom. The fourth-order valence-corrected chi connectivity index (χ4v) is 2.89. The second kappa shape index (κ2) is 9.84. The van der Waals surface area contributed by atoms with Crippen LogP contribution in [0.2, 0.25) is 0 Å². The summed E-state index contributed by atoms with van der Waals surface area (Å²) in [5, 5.41) is 3.01. The minimum atomic E-state index is -0.505. The third kappa shape index (κ3) is 6.34. The number of nitrogens with one attached hydrogen (secondary N) is 2. The van der Waals surface area contributed by atoms with Crippen molar-refractivity contribution in [2.24, 2.45) is 5.92 Å². The Morgan fingerprint density at radius 3 is 2.50 bits per heavy atom. The molecule has 0 unspecified atom stereocenters. The maximum absolute atomic E-state index is 12.4. The molecule has 0 radical (unpaired) electrons. The Bertz CT molecular complexity index is 922. The maximum atomic E-state index is 12.4. The van der Waals surface area contributed by atoms with Gasteiger partial charge in [0.05, 0.1) is 25.0 Å². The number of carbonyl (C=O) groups is 3. The Kier molecular flexibility index (Phi) is 7.51. The standard InChI is InChI=1S/C19H21N3O5S/c1-11(2)18(26)20-13-6-4-12(5-7-13)15(23)10-28-19-21-14(8-16(24)22-19)9-17(25)27-3/h4-8,11H,9-10H2,1-3H3,(H,20,26)(H,21,22,24). The van der Waals surface area contributed by atoms with Gasteiger partial charge in [-0.2, -0.15) is 0 Å². The smallest absolute Gasteiger partial charge is 0.311 e. The van der Waals surface area contributed by atoms with E-state index in [1.54, 1.807) is 38.1 Å². The number of ether oxygens (including phenoxy) is 1. The average molecular weight is 403 g/mol. The van der Waals surface area contributed by atoms with Crippen LogP contribution in [0.15, 0.2) is 40.3 Å². The van der Waals surface area contributed by atoms with Crippen LogP contribution in [0.1, 0.15) is 29.9 Å². The van der Waals surface area contributed by atoms with Gasteiger partial charge in [0.2, 0.25) is 5.91 Å². The zero-order valence-electron chi connectivity index (χ0n) is 15.8. The van der Waals surface area contributed by atoms with E-state index in [4.69, 9.17) is 0 Å². The lowest BCUT2D eigenvalue weighted by atomic mass is 10.1. The summed E-state index contributed by atoms with van der Waals surface area (Å²) in [4.78, 5) is 53.7. The van der Waals surface area contributed by atoms with Gasteiger partial charge in [0, 0.05) is 23.2 Å². The lowest BCUT2D eigenvalue weighted by Crippen LogP contribution is -2.17. The highest BCUT2D eigenvalue weighted by Crippen LogP contribution is 2.16. The van der Waals surface area contributed by atoms with Gasteiger partial charge in [-0.05, 0) is 24.3 Å². The number of ketones is 1. The van der Waals surface area contributed by atoms with Crippen molar-refractivity contribution in [2.75, 3.05) is 18.2 Å². The highest BCUT2D eigenvalue weighted by molar-refractivity contribution is 7.99. The van der Waals surface area contributed by atoms with Crippen LogP contribution in [0.4, 0.5) is 5.69 Å². The van der Waals surface area contributed by atoms with Crippen molar-refractivity contribution < 1.29 is 19.1 Å². The van der Waals surface area contributed by atoms with Gasteiger partial charge in [0.1, 0.15) is 0 Å². The number of methoxy groups -OCH3 is 1. The van der Waals surface area contributed by atoms with Gasteiger partial charge in [-0.1, -0.05) is 25.6 Å². The Balaban J connectivity index is 1.99. The SMILES string of the molecule is COC(=O)Cc1cc(=O)[nH]c(SCC(=O)c2ccc(NC(=O)C(C)C)cc2)n1. The molecule has 1 aromatic heterocycles. The minimum absolute atomic E-state index is 0.0579. The number of rotatable bonds is 8. The van der Waals surface area contributed by atoms with Crippen LogP contribution < -0.4 is 10.9 Å². The lowest BCUT2D eigenvalue weighted by Gasteiger charge is -2.08. The molecule has 2 aromatic rings. The van der Waals surface area contributed by atoms with Crippen LogP contribution in [0.5, 0.6) is 0 Å². The number of benzene rings is 1. The van der Waals surface area contributed by atoms with Crippen molar-refractivity contribution in [1.29, 1.82) is 0 Å². The van der Waals surface area contributed by atoms with Crippen LogP contribution in [0.25, 0.3) is 0 Å². The van der Waals surface area contributed by atoms with E-state index in [0.717, 1.165) is 11.8 Å². The second-order valence-electron chi connectivity index (χ2n) is 6.23. The van der Waals surface area contributed by atoms with E-state index in [9.17, 15) is 19.2 Å². The number of thioether (sulfide) groups is 1. The van der Waals surface area contributed by atoms with Crippen molar-refractivity contribution in [3.8, 4) is 0 Å². The molecule has 8 nitrogen and oxygen atoms in total. The molecule has 0 aliphatic carbocycles. The summed E-state index contributed by atoms with van der Waals surface area (Å²) < 4.78 is 4.56. The van der Waals surface area contributed by atoms with Crippen LogP contribution >= 0.6 is 11.8 Å². The summed E-state index contributed by atoms with van der Waals surface area (Å²) in [6.45, 7) is 3.59. The molecule has 0 aliphatic heterocycles. The molecule has 9 heteroatoms. The molecule has 2 rings (SSSR count). The molecule has 148 valence electrons. The first kappa shape index (κ1) is 21.4. The van der Waals surface area contributed by atoms with Crippen LogP contribution in [-0.2, 0) is 20.7 Å². The predicted molar refractivity (Wildman–Crippen MR) is 106 cm³/mol. The third-order valence-corrected chi connectivity index (χ3v) is 4.54. The molecule has 2 N–H and O–H groups in total. The Labute approximate surface area is 166 Å². The van der Waals surface area contributed by atoms with Crippen molar-refractivity contribution >= 4 is 35.1 Å². The molecule has 0 atom stereocenters. The second-order valence-corrected chi connectivity index (χ2v) is 7.19. The lowest BCUT2D eigenvalue weighted by molar-refractivity contribution is -0.139. The number of aromatic nitrogens is 2. The van der Waals surface area contributed by atoms with Crippen molar-refractivity contribution in [2.45, 2.75) is 25.4 Å². The summed E-state index contributed by atoms with van der Waals surface area (Å²) in [7, 11) is 1.25. The number of Topliss-reactive ketones (excluding diaryl/α,β-unsaturated/α-hetero) is 1. The average Bonchev–Trinajstić information content (AvgIpc) is 2.66. The van der Waals surface area contributed by atoms with Gasteiger partial charge in [-0.15, -0.1) is 0 Å². The number of anilines is 1. The Morgan fingerprint density at radius 2 is 1.89 bits per heavy atom. The monoisotopic (exact) mass is 403 g/mol. The number of carbonyl (C=O) groups excluding carboxylic acids is 3. The fraction of sp³-hybridized carbons (Fsp3) is 0.316. The topological polar surface area (TPSA) is 118 Å². The number of nitrogens with zero attached hydrogens (tertiary/aromatic N) is 1. The van der Waals surface area contributed by atoms with Crippen molar-refractivity contribution in [3.63, 3.8) is 0 Å². The van der Waals surface area contributed by atoms with Gasteiger partial charge in [-0.25, -0.2) is 4.98 Å². The summed E-state index contributed by atoms with van der Waals surface area (Å²) in [6.07, 6.45) is -0.120. The number of aromatic amines is 1. The molecule has 0 saturated heterocycles. The Hall–Kier alpha value is -2.94. The van der Waals surface area contributed by atoms with E-state index in [-0.39, 0.29) is 40.6 Å². The molecule has 1 heterocycles. The van der Waals surface area contributed by atoms with Crippen molar-refractivity contribution in [3.05, 3.63) is 51.9 Å². The molecule has 0 aliphatic rings. The number of amides is 1. The fourth-order valence-electron chi connectivity index (χ4n) is 2.11. The van der Waals surface area contributed by atoms with Crippen LogP contribution in [0, 0.1) is 5.92 Å². The molecule has 1 aromatic carbocycles. The van der Waals surface area contributed by atoms with E-state index in [1.165, 1.54) is 13.2 Å². The van der Waals surface area contributed by atoms with Gasteiger partial charge in [0.15, 0.2) is 10.9 Å². The molecule has 0 saturated carbocycles. The zero-order chi connectivity index (χ0) is 20.7. The summed E-state index contributed by atoms with van der Waals surface area (Å²) >= 11 is 1.07. The molecular formula is C19H21N3O5S. The van der Waals surface area contributed by atoms with E-state index < -0.39 is 11.5 Å². The third-order valence-electron chi connectivity index (χ3n) is 3.66. The molecular weight excluding hydrogens is 382 g/mol. The van der Waals surface area contributed by atoms with E-state index >= 15 is 0 Å². The maximum Gasteiger partial charge on any atom is 0.311 e. The number of H-pyrrole nitrogens is 1. The number of esters is 1. The quantitative estimate of drug-likeness (QED) is 0.300. The predicted octanol–water partition coefficient (Wildman–Crippen LogP) is 2.05. The first-order valence-electron chi connectivity index (χ1n) is 8.52.